The molecule has 5 nitrogen and oxygen atoms in total. The fraction of sp³-hybridized carbons (Fsp3) is 0.583. The average Bonchev–Trinajstić information content (AvgIpc) is 2.23. The van der Waals surface area contributed by atoms with Gasteiger partial charge in [-0.25, -0.2) is 0 Å². The number of nitrogens with one attached hydrogen (secondary N) is 1. The van der Waals surface area contributed by atoms with Crippen molar-refractivity contribution < 1.29 is 14.4 Å². The SMILES string of the molecule is CC/C=C(\C)C(=O)N1CC(=O)NC(=O)C1(C)C. The molecule has 1 aliphatic heterocycles. The molecule has 1 saturated heterocycles. The van der Waals surface area contributed by atoms with Crippen LogP contribution in [0, 0.1) is 0 Å². The molecule has 1 heterocycles. The van der Waals surface area contributed by atoms with E-state index < -0.39 is 17.4 Å². The molecule has 1 fully saturated rings. The number of carbonyl (C=O) groups excluding carboxylic acids is 3. The van der Waals surface area contributed by atoms with Gasteiger partial charge in [0.1, 0.15) is 12.1 Å². The van der Waals surface area contributed by atoms with Gasteiger partial charge in [0, 0.05) is 5.57 Å². The minimum absolute atomic E-state index is 0.0769. The monoisotopic (exact) mass is 238 g/mol. The van der Waals surface area contributed by atoms with Crippen LogP contribution < -0.4 is 5.32 Å². The molecule has 94 valence electrons. The molecule has 0 saturated carbocycles. The van der Waals surface area contributed by atoms with E-state index in [0.717, 1.165) is 6.42 Å². The lowest BCUT2D eigenvalue weighted by Crippen LogP contribution is -2.65. The first-order chi connectivity index (χ1) is 7.80. The van der Waals surface area contributed by atoms with Crippen molar-refractivity contribution in [1.82, 2.24) is 10.2 Å². The maximum Gasteiger partial charge on any atom is 0.252 e. The number of carbonyl (C=O) groups is 3. The highest BCUT2D eigenvalue weighted by molar-refractivity contribution is 6.08. The summed E-state index contributed by atoms with van der Waals surface area (Å²) in [5.74, 6) is -1.14. The standard InChI is InChI=1S/C12H18N2O3/c1-5-6-8(2)10(16)14-7-9(15)13-11(17)12(14,3)4/h6H,5,7H2,1-4H3,(H,13,15,17)/b8-6+. The van der Waals surface area contributed by atoms with Gasteiger partial charge in [0.2, 0.25) is 5.91 Å². The van der Waals surface area contributed by atoms with E-state index in [0.29, 0.717) is 5.57 Å². The Morgan fingerprint density at radius 3 is 2.59 bits per heavy atom. The number of allylic oxidation sites excluding steroid dienone is 1. The number of piperazine rings is 1. The second kappa shape index (κ2) is 4.69. The zero-order chi connectivity index (χ0) is 13.2. The summed E-state index contributed by atoms with van der Waals surface area (Å²) in [6.07, 6.45) is 2.53. The van der Waals surface area contributed by atoms with Gasteiger partial charge in [-0.15, -0.1) is 0 Å². The van der Waals surface area contributed by atoms with Crippen LogP contribution in [0.15, 0.2) is 11.6 Å². The summed E-state index contributed by atoms with van der Waals surface area (Å²) in [6.45, 7) is 6.80. The van der Waals surface area contributed by atoms with E-state index in [2.05, 4.69) is 5.32 Å². The molecule has 0 atom stereocenters. The van der Waals surface area contributed by atoms with Crippen molar-refractivity contribution in [2.75, 3.05) is 6.54 Å². The van der Waals surface area contributed by atoms with Gasteiger partial charge < -0.3 is 4.90 Å². The van der Waals surface area contributed by atoms with Gasteiger partial charge in [-0.05, 0) is 27.2 Å². The van der Waals surface area contributed by atoms with E-state index in [4.69, 9.17) is 0 Å². The Bertz CT molecular complexity index is 397. The fourth-order valence-corrected chi connectivity index (χ4v) is 1.71. The number of imide groups is 1. The van der Waals surface area contributed by atoms with Crippen LogP contribution >= 0.6 is 0 Å². The molecule has 0 aromatic heterocycles. The number of hydrogen-bond acceptors (Lipinski definition) is 3. The molecule has 3 amide bonds. The first kappa shape index (κ1) is 13.4. The number of nitrogens with zero attached hydrogens (tertiary/aromatic N) is 1. The molecule has 1 rings (SSSR count). The molecular weight excluding hydrogens is 220 g/mol. The summed E-state index contributed by atoms with van der Waals surface area (Å²) in [5.41, 5.74) is -0.434. The van der Waals surface area contributed by atoms with Gasteiger partial charge in [-0.1, -0.05) is 13.0 Å². The summed E-state index contributed by atoms with van der Waals surface area (Å²) in [4.78, 5) is 36.4. The summed E-state index contributed by atoms with van der Waals surface area (Å²) in [6, 6.07) is 0. The van der Waals surface area contributed by atoms with Crippen molar-refractivity contribution in [2.45, 2.75) is 39.7 Å². The molecule has 1 N–H and O–H groups in total. The quantitative estimate of drug-likeness (QED) is 0.566. The van der Waals surface area contributed by atoms with Crippen LogP contribution in [0.1, 0.15) is 34.1 Å². The van der Waals surface area contributed by atoms with Gasteiger partial charge in [0.05, 0.1) is 0 Å². The second-order valence-corrected chi connectivity index (χ2v) is 4.62. The summed E-state index contributed by atoms with van der Waals surface area (Å²) in [7, 11) is 0. The largest absolute Gasteiger partial charge is 0.315 e. The van der Waals surface area contributed by atoms with Crippen LogP contribution in [-0.4, -0.2) is 34.7 Å². The molecule has 1 aliphatic rings. The van der Waals surface area contributed by atoms with E-state index >= 15 is 0 Å². The first-order valence-corrected chi connectivity index (χ1v) is 5.63. The molecule has 0 bridgehead atoms. The van der Waals surface area contributed by atoms with Crippen LogP contribution in [0.25, 0.3) is 0 Å². The lowest BCUT2D eigenvalue weighted by Gasteiger charge is -2.40. The zero-order valence-corrected chi connectivity index (χ0v) is 10.7. The molecule has 0 spiro atoms. The van der Waals surface area contributed by atoms with E-state index in [1.165, 1.54) is 4.90 Å². The minimum Gasteiger partial charge on any atom is -0.315 e. The highest BCUT2D eigenvalue weighted by Crippen LogP contribution is 2.20. The molecule has 0 unspecified atom stereocenters. The van der Waals surface area contributed by atoms with Crippen molar-refractivity contribution in [3.05, 3.63) is 11.6 Å². The third kappa shape index (κ3) is 2.54. The Hall–Kier alpha value is -1.65. The van der Waals surface area contributed by atoms with Crippen LogP contribution in [0.2, 0.25) is 0 Å². The van der Waals surface area contributed by atoms with Gasteiger partial charge in [-0.2, -0.15) is 0 Å². The van der Waals surface area contributed by atoms with Gasteiger partial charge in [-0.3, -0.25) is 19.7 Å². The Labute approximate surface area is 101 Å². The molecule has 17 heavy (non-hydrogen) atoms. The number of hydrogen-bond donors (Lipinski definition) is 1. The minimum atomic E-state index is -0.992. The summed E-state index contributed by atoms with van der Waals surface area (Å²) in [5, 5.41) is 2.23. The normalized spacial score (nSPS) is 20.2. The highest BCUT2D eigenvalue weighted by Gasteiger charge is 2.43. The number of rotatable bonds is 2. The molecule has 5 heteroatoms. The predicted octanol–water partition coefficient (Wildman–Crippen LogP) is 0.606. The fourth-order valence-electron chi connectivity index (χ4n) is 1.71. The van der Waals surface area contributed by atoms with Crippen LogP contribution in [0.5, 0.6) is 0 Å². The van der Waals surface area contributed by atoms with Crippen LogP contribution in [0.4, 0.5) is 0 Å². The predicted molar refractivity (Wildman–Crippen MR) is 63.0 cm³/mol. The first-order valence-electron chi connectivity index (χ1n) is 5.63. The van der Waals surface area contributed by atoms with Crippen molar-refractivity contribution in [2.24, 2.45) is 0 Å². The smallest absolute Gasteiger partial charge is 0.252 e. The Morgan fingerprint density at radius 2 is 2.06 bits per heavy atom. The molecule has 0 radical (unpaired) electrons. The van der Waals surface area contributed by atoms with Crippen LogP contribution in [-0.2, 0) is 14.4 Å². The van der Waals surface area contributed by atoms with Crippen LogP contribution in [0.3, 0.4) is 0 Å². The maximum absolute atomic E-state index is 12.1. The van der Waals surface area contributed by atoms with Gasteiger partial charge >= 0.3 is 0 Å². The Kier molecular flexibility index (Phi) is 3.70. The zero-order valence-electron chi connectivity index (χ0n) is 10.7. The second-order valence-electron chi connectivity index (χ2n) is 4.62. The lowest BCUT2D eigenvalue weighted by molar-refractivity contribution is -0.153. The summed E-state index contributed by atoms with van der Waals surface area (Å²) >= 11 is 0. The number of amides is 3. The Balaban J connectivity index is 3.02. The molecule has 0 aromatic carbocycles. The topological polar surface area (TPSA) is 66.5 Å². The highest BCUT2D eigenvalue weighted by atomic mass is 16.2. The van der Waals surface area contributed by atoms with E-state index in [-0.39, 0.29) is 12.5 Å². The van der Waals surface area contributed by atoms with E-state index in [1.54, 1.807) is 26.8 Å². The van der Waals surface area contributed by atoms with Crippen molar-refractivity contribution in [3.8, 4) is 0 Å². The van der Waals surface area contributed by atoms with Gasteiger partial charge in [0.25, 0.3) is 11.8 Å². The maximum atomic E-state index is 12.1. The molecule has 0 aliphatic carbocycles. The van der Waals surface area contributed by atoms with Crippen molar-refractivity contribution in [3.63, 3.8) is 0 Å². The average molecular weight is 238 g/mol. The third-order valence-electron chi connectivity index (χ3n) is 2.88. The molecule has 0 aromatic rings. The summed E-state index contributed by atoms with van der Waals surface area (Å²) < 4.78 is 0. The van der Waals surface area contributed by atoms with E-state index in [1.807, 2.05) is 6.92 Å². The van der Waals surface area contributed by atoms with E-state index in [9.17, 15) is 14.4 Å². The molecular formula is C12H18N2O3. The van der Waals surface area contributed by atoms with Crippen molar-refractivity contribution in [1.29, 1.82) is 0 Å². The lowest BCUT2D eigenvalue weighted by atomic mass is 9.97. The third-order valence-corrected chi connectivity index (χ3v) is 2.88. The Morgan fingerprint density at radius 1 is 1.47 bits per heavy atom. The van der Waals surface area contributed by atoms with Crippen molar-refractivity contribution >= 4 is 17.7 Å². The van der Waals surface area contributed by atoms with Gasteiger partial charge in [0.15, 0.2) is 0 Å².